The van der Waals surface area contributed by atoms with Crippen molar-refractivity contribution < 1.29 is 14.3 Å². The van der Waals surface area contributed by atoms with Crippen LogP contribution in [0.5, 0.6) is 5.75 Å². The van der Waals surface area contributed by atoms with Crippen LogP contribution in [-0.4, -0.2) is 31.7 Å². The van der Waals surface area contributed by atoms with E-state index in [2.05, 4.69) is 21.2 Å². The van der Waals surface area contributed by atoms with E-state index >= 15 is 0 Å². The molecule has 0 atom stereocenters. The number of rotatable bonds is 7. The number of amides is 2. The maximum atomic E-state index is 11.8. The predicted molar refractivity (Wildman–Crippen MR) is 98.0 cm³/mol. The van der Waals surface area contributed by atoms with Crippen molar-refractivity contribution in [3.8, 4) is 5.75 Å². The normalized spacial score (nSPS) is 10.3. The number of nitrogens with zero attached hydrogens (tertiary/aromatic N) is 1. The first kappa shape index (κ1) is 18.0. The number of carbonyl (C=O) groups excluding carboxylic acids is 2. The molecule has 7 nitrogen and oxygen atoms in total. The van der Waals surface area contributed by atoms with Gasteiger partial charge >= 0.3 is 0 Å². The van der Waals surface area contributed by atoms with E-state index in [1.165, 1.54) is 13.1 Å². The monoisotopic (exact) mass is 340 g/mol. The number of methoxy groups -OCH3 is 1. The Morgan fingerprint density at radius 3 is 2.52 bits per heavy atom. The van der Waals surface area contributed by atoms with Crippen LogP contribution in [-0.2, 0) is 9.59 Å². The molecule has 0 saturated carbocycles. The summed E-state index contributed by atoms with van der Waals surface area (Å²) in [6.07, 6.45) is 1.53. The van der Waals surface area contributed by atoms with Crippen molar-refractivity contribution in [3.05, 3.63) is 54.1 Å². The van der Waals surface area contributed by atoms with Crippen molar-refractivity contribution in [1.82, 2.24) is 5.43 Å². The number of hydrazone groups is 1. The predicted octanol–water partition coefficient (Wildman–Crippen LogP) is 2.22. The van der Waals surface area contributed by atoms with Gasteiger partial charge in [0.2, 0.25) is 5.91 Å². The molecule has 0 fully saturated rings. The van der Waals surface area contributed by atoms with Gasteiger partial charge in [0.05, 0.1) is 25.6 Å². The van der Waals surface area contributed by atoms with E-state index < -0.39 is 0 Å². The summed E-state index contributed by atoms with van der Waals surface area (Å²) in [4.78, 5) is 22.8. The molecule has 7 heteroatoms. The van der Waals surface area contributed by atoms with Gasteiger partial charge in [-0.2, -0.15) is 5.10 Å². The fraction of sp³-hybridized carbons (Fsp3) is 0.167. The topological polar surface area (TPSA) is 91.8 Å². The van der Waals surface area contributed by atoms with Gasteiger partial charge in [-0.15, -0.1) is 0 Å². The highest BCUT2D eigenvalue weighted by molar-refractivity contribution is 5.89. The summed E-state index contributed by atoms with van der Waals surface area (Å²) in [6.45, 7) is 1.52. The van der Waals surface area contributed by atoms with Gasteiger partial charge in [-0.25, -0.2) is 5.43 Å². The van der Waals surface area contributed by atoms with E-state index in [1.807, 2.05) is 24.3 Å². The van der Waals surface area contributed by atoms with Crippen molar-refractivity contribution in [2.24, 2.45) is 5.10 Å². The van der Waals surface area contributed by atoms with Crippen molar-refractivity contribution in [3.63, 3.8) is 0 Å². The Morgan fingerprint density at radius 2 is 1.84 bits per heavy atom. The fourth-order valence-electron chi connectivity index (χ4n) is 2.04. The summed E-state index contributed by atoms with van der Waals surface area (Å²) >= 11 is 0. The lowest BCUT2D eigenvalue weighted by molar-refractivity contribution is -0.119. The quantitative estimate of drug-likeness (QED) is 0.532. The average molecular weight is 340 g/mol. The Hall–Kier alpha value is -3.35. The molecule has 0 aromatic heterocycles. The summed E-state index contributed by atoms with van der Waals surface area (Å²) in [5.41, 5.74) is 4.68. The summed E-state index contributed by atoms with van der Waals surface area (Å²) in [5, 5.41) is 9.57. The molecule has 2 rings (SSSR count). The number of nitrogens with one attached hydrogen (secondary N) is 3. The van der Waals surface area contributed by atoms with Crippen LogP contribution >= 0.6 is 0 Å². The zero-order chi connectivity index (χ0) is 18.1. The van der Waals surface area contributed by atoms with Crippen LogP contribution in [0.4, 0.5) is 11.4 Å². The van der Waals surface area contributed by atoms with E-state index in [1.54, 1.807) is 31.4 Å². The van der Waals surface area contributed by atoms with Crippen molar-refractivity contribution in [1.29, 1.82) is 0 Å². The van der Waals surface area contributed by atoms with Crippen LogP contribution in [0.15, 0.2) is 53.6 Å². The minimum Gasteiger partial charge on any atom is -0.495 e. The van der Waals surface area contributed by atoms with Crippen molar-refractivity contribution in [2.75, 3.05) is 24.3 Å². The molecule has 0 aliphatic rings. The molecule has 0 saturated heterocycles. The molecule has 0 aliphatic heterocycles. The molecule has 0 heterocycles. The smallest absolute Gasteiger partial charge is 0.259 e. The SMILES string of the molecule is COc1ccccc1NCC(=O)N/N=C\c1ccc(NC(C)=O)cc1. The summed E-state index contributed by atoms with van der Waals surface area (Å²) < 4.78 is 5.20. The van der Waals surface area contributed by atoms with E-state index in [-0.39, 0.29) is 18.4 Å². The number of benzene rings is 2. The van der Waals surface area contributed by atoms with Crippen LogP contribution in [0.25, 0.3) is 0 Å². The maximum Gasteiger partial charge on any atom is 0.259 e. The van der Waals surface area contributed by atoms with Crippen LogP contribution in [0.2, 0.25) is 0 Å². The third-order valence-corrected chi connectivity index (χ3v) is 3.18. The molecule has 3 N–H and O–H groups in total. The molecule has 0 spiro atoms. The van der Waals surface area contributed by atoms with Gasteiger partial charge in [-0.1, -0.05) is 24.3 Å². The van der Waals surface area contributed by atoms with Gasteiger partial charge < -0.3 is 15.4 Å². The zero-order valence-corrected chi connectivity index (χ0v) is 14.1. The molecular formula is C18H20N4O3. The highest BCUT2D eigenvalue weighted by Gasteiger charge is 2.03. The van der Waals surface area contributed by atoms with Crippen molar-refractivity contribution >= 4 is 29.4 Å². The van der Waals surface area contributed by atoms with Crippen LogP contribution in [0.3, 0.4) is 0 Å². The molecule has 0 aliphatic carbocycles. The van der Waals surface area contributed by atoms with Gasteiger partial charge in [-0.3, -0.25) is 9.59 Å². The molecule has 130 valence electrons. The van der Waals surface area contributed by atoms with Gasteiger partial charge in [0.25, 0.3) is 5.91 Å². The Bertz CT molecular complexity index is 757. The number of para-hydroxylation sites is 2. The third kappa shape index (κ3) is 5.98. The first-order valence-electron chi connectivity index (χ1n) is 7.65. The Morgan fingerprint density at radius 1 is 1.12 bits per heavy atom. The highest BCUT2D eigenvalue weighted by Crippen LogP contribution is 2.22. The third-order valence-electron chi connectivity index (χ3n) is 3.18. The number of ether oxygens (including phenoxy) is 1. The molecule has 0 bridgehead atoms. The molecular weight excluding hydrogens is 320 g/mol. The van der Waals surface area contributed by atoms with E-state index in [0.717, 1.165) is 11.3 Å². The largest absolute Gasteiger partial charge is 0.495 e. The van der Waals surface area contributed by atoms with Gasteiger partial charge in [0.15, 0.2) is 0 Å². The number of anilines is 2. The lowest BCUT2D eigenvalue weighted by atomic mass is 10.2. The lowest BCUT2D eigenvalue weighted by Crippen LogP contribution is -2.26. The van der Waals surface area contributed by atoms with Gasteiger partial charge in [0, 0.05) is 12.6 Å². The summed E-state index contributed by atoms with van der Waals surface area (Å²) in [6, 6.07) is 14.4. The molecule has 25 heavy (non-hydrogen) atoms. The Labute approximate surface area is 146 Å². The minimum absolute atomic E-state index is 0.0686. The molecule has 2 aromatic rings. The Balaban J connectivity index is 1.81. The number of carbonyl (C=O) groups is 2. The number of hydrogen-bond donors (Lipinski definition) is 3. The maximum absolute atomic E-state index is 11.8. The molecule has 2 aromatic carbocycles. The summed E-state index contributed by atoms with van der Waals surface area (Å²) in [7, 11) is 1.57. The number of hydrogen-bond acceptors (Lipinski definition) is 5. The second-order valence-corrected chi connectivity index (χ2v) is 5.15. The Kier molecular flexibility index (Phi) is 6.53. The second kappa shape index (κ2) is 9.07. The van der Waals surface area contributed by atoms with Crippen LogP contribution in [0.1, 0.15) is 12.5 Å². The fourth-order valence-corrected chi connectivity index (χ4v) is 2.04. The average Bonchev–Trinajstić information content (AvgIpc) is 2.61. The minimum atomic E-state index is -0.281. The molecule has 0 radical (unpaired) electrons. The van der Waals surface area contributed by atoms with E-state index in [0.29, 0.717) is 11.4 Å². The highest BCUT2D eigenvalue weighted by atomic mass is 16.5. The van der Waals surface area contributed by atoms with Gasteiger partial charge in [0.1, 0.15) is 5.75 Å². The lowest BCUT2D eigenvalue weighted by Gasteiger charge is -2.09. The van der Waals surface area contributed by atoms with E-state index in [4.69, 9.17) is 4.74 Å². The standard InChI is InChI=1S/C18H20N4O3/c1-13(23)21-15-9-7-14(8-10-15)11-20-22-18(24)12-19-16-5-3-4-6-17(16)25-2/h3-11,19H,12H2,1-2H3,(H,21,23)(H,22,24)/b20-11-. The van der Waals surface area contributed by atoms with Crippen LogP contribution in [0, 0.1) is 0 Å². The molecule has 0 unspecified atom stereocenters. The van der Waals surface area contributed by atoms with E-state index in [9.17, 15) is 9.59 Å². The second-order valence-electron chi connectivity index (χ2n) is 5.15. The van der Waals surface area contributed by atoms with Gasteiger partial charge in [-0.05, 0) is 29.8 Å². The van der Waals surface area contributed by atoms with Crippen LogP contribution < -0.4 is 20.8 Å². The first-order chi connectivity index (χ1) is 12.1. The first-order valence-corrected chi connectivity index (χ1v) is 7.65. The summed E-state index contributed by atoms with van der Waals surface area (Å²) in [5.74, 6) is 0.256. The zero-order valence-electron chi connectivity index (χ0n) is 14.1. The molecule has 2 amide bonds. The van der Waals surface area contributed by atoms with Crippen molar-refractivity contribution in [2.45, 2.75) is 6.92 Å².